The Balaban J connectivity index is 1.62. The number of anilines is 1. The molecule has 2 aromatic carbocycles. The molecule has 6 atom stereocenters. The van der Waals surface area contributed by atoms with Gasteiger partial charge in [0.25, 0.3) is 5.91 Å². The third-order valence-corrected chi connectivity index (χ3v) is 10.1. The highest BCUT2D eigenvalue weighted by Gasteiger charge is 2.62. The molecule has 4 rings (SSSR count). The molecular weight excluding hydrogens is 516 g/mol. The molecule has 3 unspecified atom stereocenters. The van der Waals surface area contributed by atoms with Gasteiger partial charge in [0.1, 0.15) is 11.7 Å². The van der Waals surface area contributed by atoms with Crippen LogP contribution < -0.4 is 5.32 Å². The van der Waals surface area contributed by atoms with Gasteiger partial charge < -0.3 is 15.5 Å². The van der Waals surface area contributed by atoms with Crippen LogP contribution in [0.15, 0.2) is 41.3 Å². The van der Waals surface area contributed by atoms with E-state index in [-0.39, 0.29) is 39.9 Å². The number of aliphatic hydroxyl groups is 2. The van der Waals surface area contributed by atoms with E-state index >= 15 is 0 Å². The third kappa shape index (κ3) is 4.44. The molecule has 2 aromatic rings. The van der Waals surface area contributed by atoms with E-state index < -0.39 is 62.0 Å². The number of ketones is 1. The number of amides is 1. The van der Waals surface area contributed by atoms with Gasteiger partial charge >= 0.3 is 0 Å². The molecule has 0 radical (unpaired) electrons. The molecule has 11 heteroatoms. The number of nitrogens with one attached hydrogen (secondary N) is 1. The lowest BCUT2D eigenvalue weighted by molar-refractivity contribution is -0.158. The van der Waals surface area contributed by atoms with E-state index in [4.69, 9.17) is 11.6 Å². The summed E-state index contributed by atoms with van der Waals surface area (Å²) in [6, 6.07) is 6.52. The van der Waals surface area contributed by atoms with Gasteiger partial charge in [0.05, 0.1) is 15.2 Å². The van der Waals surface area contributed by atoms with E-state index in [1.807, 2.05) is 6.92 Å². The second-order valence-corrected chi connectivity index (χ2v) is 12.4. The minimum Gasteiger partial charge on any atom is -0.385 e. The maximum Gasteiger partial charge on any atom is 0.255 e. The molecule has 2 aliphatic rings. The highest BCUT2D eigenvalue weighted by atomic mass is 35.5. The fourth-order valence-corrected chi connectivity index (χ4v) is 8.08. The van der Waals surface area contributed by atoms with Gasteiger partial charge in [0.2, 0.25) is 0 Å². The topological polar surface area (TPSA) is 121 Å². The SMILES string of the molecule is C[C@H](O)C(=O)[C@@]1(O)C2CC(S(=O)(=O)c3cc(C(=O)Nc4ccc(F)c(F)c4)ccc3Cl)CC1[C@@H](C)C2. The van der Waals surface area contributed by atoms with Crippen molar-refractivity contribution in [2.24, 2.45) is 17.8 Å². The summed E-state index contributed by atoms with van der Waals surface area (Å²) >= 11 is 6.23. The van der Waals surface area contributed by atoms with Crippen LogP contribution >= 0.6 is 11.6 Å². The second kappa shape index (κ2) is 9.48. The van der Waals surface area contributed by atoms with Crippen LogP contribution in [-0.4, -0.2) is 47.3 Å². The number of fused-ring (bicyclic) bond motifs is 2. The molecule has 0 aromatic heterocycles. The molecule has 2 saturated carbocycles. The number of aliphatic hydroxyl groups excluding tert-OH is 1. The Morgan fingerprint density at radius 1 is 1.11 bits per heavy atom. The van der Waals surface area contributed by atoms with Gasteiger partial charge in [0.15, 0.2) is 27.3 Å². The lowest BCUT2D eigenvalue weighted by Gasteiger charge is -2.42. The van der Waals surface area contributed by atoms with E-state index in [1.165, 1.54) is 25.1 Å². The number of sulfone groups is 1. The van der Waals surface area contributed by atoms with Crippen molar-refractivity contribution in [3.63, 3.8) is 0 Å². The van der Waals surface area contributed by atoms with Crippen LogP contribution in [0.4, 0.5) is 14.5 Å². The zero-order valence-electron chi connectivity index (χ0n) is 19.5. The van der Waals surface area contributed by atoms with Gasteiger partial charge in [-0.3, -0.25) is 9.59 Å². The molecule has 7 nitrogen and oxygen atoms in total. The van der Waals surface area contributed by atoms with Crippen LogP contribution in [-0.2, 0) is 14.6 Å². The van der Waals surface area contributed by atoms with E-state index in [1.54, 1.807) is 0 Å². The van der Waals surface area contributed by atoms with Crippen molar-refractivity contribution in [2.45, 2.75) is 55.0 Å². The fraction of sp³-hybridized carbons (Fsp3) is 0.440. The second-order valence-electron chi connectivity index (χ2n) is 9.75. The Kier molecular flexibility index (Phi) is 7.02. The van der Waals surface area contributed by atoms with Crippen molar-refractivity contribution in [1.82, 2.24) is 0 Å². The number of Topliss-reactive ketones (excluding diaryl/α,β-unsaturated/α-hetero) is 1. The van der Waals surface area contributed by atoms with Gasteiger partial charge in [-0.05, 0) is 74.3 Å². The lowest BCUT2D eigenvalue weighted by atomic mass is 9.70. The zero-order chi connectivity index (χ0) is 26.6. The number of carbonyl (C=O) groups is 2. The normalized spacial score (nSPS) is 28.5. The minimum absolute atomic E-state index is 0.000255. The molecule has 2 fully saturated rings. The Labute approximate surface area is 212 Å². The Morgan fingerprint density at radius 2 is 1.81 bits per heavy atom. The summed E-state index contributed by atoms with van der Waals surface area (Å²) in [6.45, 7) is 3.13. The number of rotatable bonds is 6. The van der Waals surface area contributed by atoms with Crippen LogP contribution in [0.1, 0.15) is 43.5 Å². The number of carbonyl (C=O) groups excluding carboxylic acids is 2. The molecular formula is C25H26ClF2NO6S. The van der Waals surface area contributed by atoms with Crippen LogP contribution in [0.25, 0.3) is 0 Å². The summed E-state index contributed by atoms with van der Waals surface area (Å²) in [5.41, 5.74) is -1.87. The van der Waals surface area contributed by atoms with Crippen molar-refractivity contribution in [3.05, 3.63) is 58.6 Å². The first-order valence-corrected chi connectivity index (χ1v) is 13.4. The fourth-order valence-electron chi connectivity index (χ4n) is 5.71. The highest BCUT2D eigenvalue weighted by Crippen LogP contribution is 2.55. The van der Waals surface area contributed by atoms with Crippen molar-refractivity contribution in [1.29, 1.82) is 0 Å². The van der Waals surface area contributed by atoms with E-state index in [0.29, 0.717) is 6.42 Å². The van der Waals surface area contributed by atoms with E-state index in [0.717, 1.165) is 18.2 Å². The van der Waals surface area contributed by atoms with Crippen LogP contribution in [0, 0.1) is 29.4 Å². The van der Waals surface area contributed by atoms with Crippen molar-refractivity contribution >= 4 is 38.8 Å². The van der Waals surface area contributed by atoms with Gasteiger partial charge in [-0.2, -0.15) is 0 Å². The van der Waals surface area contributed by atoms with Gasteiger partial charge in [-0.15, -0.1) is 0 Å². The predicted molar refractivity (Wildman–Crippen MR) is 128 cm³/mol. The average Bonchev–Trinajstić information content (AvgIpc) is 2.94. The summed E-state index contributed by atoms with van der Waals surface area (Å²) in [4.78, 5) is 25.1. The van der Waals surface area contributed by atoms with Crippen LogP contribution in [0.2, 0.25) is 5.02 Å². The molecule has 36 heavy (non-hydrogen) atoms. The molecule has 0 aliphatic heterocycles. The quantitative estimate of drug-likeness (QED) is 0.512. The lowest BCUT2D eigenvalue weighted by Crippen LogP contribution is -2.56. The van der Waals surface area contributed by atoms with E-state index in [9.17, 15) is 37.0 Å². The van der Waals surface area contributed by atoms with Crippen molar-refractivity contribution in [2.75, 3.05) is 5.32 Å². The predicted octanol–water partition coefficient (Wildman–Crippen LogP) is 3.76. The molecule has 1 amide bonds. The smallest absolute Gasteiger partial charge is 0.255 e. The number of halogens is 3. The monoisotopic (exact) mass is 541 g/mol. The first-order chi connectivity index (χ1) is 16.8. The highest BCUT2D eigenvalue weighted by molar-refractivity contribution is 7.92. The van der Waals surface area contributed by atoms with E-state index in [2.05, 4.69) is 5.32 Å². The van der Waals surface area contributed by atoms with Crippen LogP contribution in [0.3, 0.4) is 0 Å². The maximum atomic E-state index is 13.6. The van der Waals surface area contributed by atoms with Gasteiger partial charge in [-0.25, -0.2) is 17.2 Å². The minimum atomic E-state index is -4.09. The third-order valence-electron chi connectivity index (χ3n) is 7.49. The summed E-state index contributed by atoms with van der Waals surface area (Å²) < 4.78 is 53.9. The molecule has 2 bridgehead atoms. The Hall–Kier alpha value is -2.40. The largest absolute Gasteiger partial charge is 0.385 e. The van der Waals surface area contributed by atoms with Gasteiger partial charge in [-0.1, -0.05) is 18.5 Å². The van der Waals surface area contributed by atoms with Gasteiger partial charge in [0, 0.05) is 17.3 Å². The molecule has 194 valence electrons. The molecule has 0 saturated heterocycles. The number of hydrogen-bond acceptors (Lipinski definition) is 6. The summed E-state index contributed by atoms with van der Waals surface area (Å²) in [5, 5.41) is 22.4. The first-order valence-electron chi connectivity index (χ1n) is 11.5. The zero-order valence-corrected chi connectivity index (χ0v) is 21.1. The molecule has 2 aliphatic carbocycles. The summed E-state index contributed by atoms with van der Waals surface area (Å²) in [7, 11) is -4.09. The van der Waals surface area contributed by atoms with Crippen molar-refractivity contribution in [3.8, 4) is 0 Å². The standard InChI is InChI=1S/C25H26ClF2NO6S/c1-12-7-15-9-17(11-18(12)25(15,33)23(31)13(2)30)36(34,35)22-8-14(3-5-19(22)26)24(32)29-16-4-6-20(27)21(28)10-16/h3-6,8,10,12-13,15,17-18,30,33H,7,9,11H2,1-2H3,(H,29,32)/t12-,13-,15?,17?,18?,25+/m0/s1. The molecule has 0 heterocycles. The maximum absolute atomic E-state index is 13.6. The first kappa shape index (κ1) is 26.7. The Bertz CT molecular complexity index is 1330. The number of benzene rings is 2. The van der Waals surface area contributed by atoms with Crippen molar-refractivity contribution < 1.29 is 37.0 Å². The molecule has 0 spiro atoms. The molecule has 3 N–H and O–H groups in total. The Morgan fingerprint density at radius 3 is 2.42 bits per heavy atom. The average molecular weight is 542 g/mol. The van der Waals surface area contributed by atoms with Crippen LogP contribution in [0.5, 0.6) is 0 Å². The number of hydrogen-bond donors (Lipinski definition) is 3. The summed E-state index contributed by atoms with van der Waals surface area (Å²) in [5.74, 6) is -5.11. The summed E-state index contributed by atoms with van der Waals surface area (Å²) in [6.07, 6.45) is -0.940.